The molecule has 2 fully saturated rings. The number of nitrogens with zero attached hydrogens (tertiary/aromatic N) is 1. The molecule has 1 heterocycles. The highest BCUT2D eigenvalue weighted by Gasteiger charge is 2.54. The first-order valence-electron chi connectivity index (χ1n) is 5.19. The molecule has 0 spiro atoms. The number of hydrogen-bond donors (Lipinski definition) is 1. The third-order valence-electron chi connectivity index (χ3n) is 3.64. The fraction of sp³-hybridized carbons (Fsp3) is 0.700. The molecule has 2 atom stereocenters. The van der Waals surface area contributed by atoms with E-state index in [-0.39, 0.29) is 0 Å². The van der Waals surface area contributed by atoms with E-state index in [4.69, 9.17) is 10.3 Å². The van der Waals surface area contributed by atoms with Crippen LogP contribution in [0.1, 0.15) is 37.4 Å². The Morgan fingerprint density at radius 1 is 1.29 bits per heavy atom. The lowest BCUT2D eigenvalue weighted by Crippen LogP contribution is -1.91. The van der Waals surface area contributed by atoms with Crippen molar-refractivity contribution in [1.29, 1.82) is 0 Å². The Morgan fingerprint density at radius 3 is 2.43 bits per heavy atom. The normalized spacial score (nSPS) is 35.4. The molecule has 2 saturated carbocycles. The highest BCUT2D eigenvalue weighted by atomic mass is 127. The molecule has 2 unspecified atom stereocenters. The highest BCUT2D eigenvalue weighted by molar-refractivity contribution is 14.1. The zero-order chi connectivity index (χ0) is 9.71. The molecule has 4 heteroatoms. The Balaban J connectivity index is 1.87. The third-order valence-corrected chi connectivity index (χ3v) is 4.73. The largest absolute Gasteiger partial charge is 0.380 e. The van der Waals surface area contributed by atoms with E-state index in [0.717, 1.165) is 21.2 Å². The van der Waals surface area contributed by atoms with E-state index in [2.05, 4.69) is 27.7 Å². The van der Waals surface area contributed by atoms with Gasteiger partial charge >= 0.3 is 0 Å². The number of anilines is 1. The van der Waals surface area contributed by atoms with E-state index in [0.29, 0.717) is 11.7 Å². The lowest BCUT2D eigenvalue weighted by atomic mass is 10.0. The van der Waals surface area contributed by atoms with Crippen LogP contribution in [-0.2, 0) is 0 Å². The van der Waals surface area contributed by atoms with Crippen LogP contribution in [-0.4, -0.2) is 5.16 Å². The van der Waals surface area contributed by atoms with Gasteiger partial charge in [-0.15, -0.1) is 0 Å². The topological polar surface area (TPSA) is 52.0 Å². The number of nitrogen functional groups attached to an aromatic ring is 1. The van der Waals surface area contributed by atoms with Gasteiger partial charge in [-0.2, -0.15) is 0 Å². The zero-order valence-corrected chi connectivity index (χ0v) is 10.0. The number of halogens is 1. The van der Waals surface area contributed by atoms with Gasteiger partial charge in [0.1, 0.15) is 0 Å². The fourth-order valence-corrected chi connectivity index (χ4v) is 3.45. The standard InChI is InChI=1S/C10H13IN2O/c11-8-9(14-13-10(8)12)7-5-3-1-2-4-6(5)7/h5-7H,1-4H2,(H2,12,13). The predicted molar refractivity (Wildman–Crippen MR) is 61.8 cm³/mol. The first kappa shape index (κ1) is 9.00. The van der Waals surface area contributed by atoms with Crippen molar-refractivity contribution in [3.05, 3.63) is 9.33 Å². The minimum atomic E-state index is 0.559. The molecule has 2 aliphatic rings. The Hall–Kier alpha value is -0.260. The van der Waals surface area contributed by atoms with Crippen LogP contribution in [0.3, 0.4) is 0 Å². The van der Waals surface area contributed by atoms with Crippen molar-refractivity contribution in [3.8, 4) is 0 Å². The summed E-state index contributed by atoms with van der Waals surface area (Å²) in [5.41, 5.74) is 5.68. The summed E-state index contributed by atoms with van der Waals surface area (Å²) in [6.45, 7) is 0. The van der Waals surface area contributed by atoms with Crippen LogP contribution < -0.4 is 5.73 Å². The second-order valence-corrected chi connectivity index (χ2v) is 5.46. The van der Waals surface area contributed by atoms with Crippen molar-refractivity contribution in [2.75, 3.05) is 5.73 Å². The predicted octanol–water partition coefficient (Wildman–Crippen LogP) is 2.77. The van der Waals surface area contributed by atoms with Gasteiger partial charge in [-0.05, 0) is 47.3 Å². The average Bonchev–Trinajstić information content (AvgIpc) is 2.84. The number of nitrogens with two attached hydrogens (primary N) is 1. The van der Waals surface area contributed by atoms with E-state index >= 15 is 0 Å². The van der Waals surface area contributed by atoms with Crippen LogP contribution in [0.25, 0.3) is 0 Å². The second-order valence-electron chi connectivity index (χ2n) is 4.38. The average molecular weight is 304 g/mol. The number of fused-ring (bicyclic) bond motifs is 1. The van der Waals surface area contributed by atoms with Crippen molar-refractivity contribution in [2.45, 2.75) is 31.6 Å². The minimum Gasteiger partial charge on any atom is -0.380 e. The maximum Gasteiger partial charge on any atom is 0.180 e. The van der Waals surface area contributed by atoms with Gasteiger partial charge in [-0.3, -0.25) is 0 Å². The van der Waals surface area contributed by atoms with Crippen LogP contribution in [0.5, 0.6) is 0 Å². The highest BCUT2D eigenvalue weighted by Crippen LogP contribution is 2.62. The van der Waals surface area contributed by atoms with Gasteiger partial charge in [-0.25, -0.2) is 0 Å². The summed E-state index contributed by atoms with van der Waals surface area (Å²) in [4.78, 5) is 0. The number of aromatic nitrogens is 1. The smallest absolute Gasteiger partial charge is 0.180 e. The molecule has 0 aromatic carbocycles. The molecule has 0 saturated heterocycles. The maximum atomic E-state index is 5.68. The molecular weight excluding hydrogens is 291 g/mol. The lowest BCUT2D eigenvalue weighted by Gasteiger charge is -2.04. The molecule has 1 aromatic rings. The summed E-state index contributed by atoms with van der Waals surface area (Å²) in [5, 5.41) is 3.83. The van der Waals surface area contributed by atoms with Crippen LogP contribution >= 0.6 is 22.6 Å². The molecule has 76 valence electrons. The molecule has 3 nitrogen and oxygen atoms in total. The van der Waals surface area contributed by atoms with Gasteiger partial charge in [0.2, 0.25) is 0 Å². The van der Waals surface area contributed by atoms with Crippen molar-refractivity contribution in [1.82, 2.24) is 5.16 Å². The molecule has 3 rings (SSSR count). The molecule has 14 heavy (non-hydrogen) atoms. The Kier molecular flexibility index (Phi) is 2.00. The minimum absolute atomic E-state index is 0.559. The lowest BCUT2D eigenvalue weighted by molar-refractivity contribution is 0.379. The first-order chi connectivity index (χ1) is 6.79. The molecule has 2 aliphatic carbocycles. The molecule has 1 aromatic heterocycles. The summed E-state index contributed by atoms with van der Waals surface area (Å²) in [6.07, 6.45) is 5.51. The summed E-state index contributed by atoms with van der Waals surface area (Å²) in [6, 6.07) is 0. The van der Waals surface area contributed by atoms with E-state index < -0.39 is 0 Å². The van der Waals surface area contributed by atoms with Gasteiger partial charge in [0, 0.05) is 5.92 Å². The van der Waals surface area contributed by atoms with Crippen LogP contribution in [0.4, 0.5) is 5.82 Å². The molecule has 2 N–H and O–H groups in total. The van der Waals surface area contributed by atoms with Crippen LogP contribution in [0.15, 0.2) is 4.52 Å². The molecule has 0 bridgehead atoms. The SMILES string of the molecule is Nc1noc(C2C3CCCCC32)c1I. The van der Waals surface area contributed by atoms with Gasteiger partial charge in [0.15, 0.2) is 11.6 Å². The van der Waals surface area contributed by atoms with Crippen molar-refractivity contribution < 1.29 is 4.52 Å². The summed E-state index contributed by atoms with van der Waals surface area (Å²) in [5.74, 6) is 3.98. The van der Waals surface area contributed by atoms with E-state index in [9.17, 15) is 0 Å². The Labute approximate surface area is 96.5 Å². The van der Waals surface area contributed by atoms with Gasteiger partial charge < -0.3 is 10.3 Å². The van der Waals surface area contributed by atoms with Crippen molar-refractivity contribution >= 4 is 28.4 Å². The quantitative estimate of drug-likeness (QED) is 0.812. The van der Waals surface area contributed by atoms with E-state index in [1.807, 2.05) is 0 Å². The maximum absolute atomic E-state index is 5.68. The Bertz CT molecular complexity index is 351. The van der Waals surface area contributed by atoms with Gasteiger partial charge in [0.05, 0.1) is 3.57 Å². The second kappa shape index (κ2) is 3.12. The fourth-order valence-electron chi connectivity index (χ4n) is 2.89. The molecule has 0 radical (unpaired) electrons. The number of hydrogen-bond acceptors (Lipinski definition) is 3. The monoisotopic (exact) mass is 304 g/mol. The van der Waals surface area contributed by atoms with E-state index in [1.54, 1.807) is 0 Å². The molecule has 0 amide bonds. The van der Waals surface area contributed by atoms with Crippen LogP contribution in [0, 0.1) is 15.4 Å². The third kappa shape index (κ3) is 1.19. The first-order valence-corrected chi connectivity index (χ1v) is 6.27. The van der Waals surface area contributed by atoms with Crippen molar-refractivity contribution in [3.63, 3.8) is 0 Å². The molecular formula is C10H13IN2O. The van der Waals surface area contributed by atoms with Gasteiger partial charge in [0.25, 0.3) is 0 Å². The van der Waals surface area contributed by atoms with Crippen LogP contribution in [0.2, 0.25) is 0 Å². The molecule has 0 aliphatic heterocycles. The zero-order valence-electron chi connectivity index (χ0n) is 7.87. The summed E-state index contributed by atoms with van der Waals surface area (Å²) < 4.78 is 6.37. The van der Waals surface area contributed by atoms with E-state index in [1.165, 1.54) is 25.7 Å². The summed E-state index contributed by atoms with van der Waals surface area (Å²) >= 11 is 2.25. The Morgan fingerprint density at radius 2 is 1.93 bits per heavy atom. The summed E-state index contributed by atoms with van der Waals surface area (Å²) in [7, 11) is 0. The van der Waals surface area contributed by atoms with Crippen molar-refractivity contribution in [2.24, 2.45) is 11.8 Å². The van der Waals surface area contributed by atoms with Gasteiger partial charge in [-0.1, -0.05) is 18.0 Å². The number of rotatable bonds is 1.